The van der Waals surface area contributed by atoms with Gasteiger partial charge in [-0.25, -0.2) is 19.7 Å². The summed E-state index contributed by atoms with van der Waals surface area (Å²) >= 11 is 0. The molecule has 0 radical (unpaired) electrons. The van der Waals surface area contributed by atoms with Gasteiger partial charge in [0.05, 0.1) is 12.9 Å². The lowest BCUT2D eigenvalue weighted by molar-refractivity contribution is -0.133. The van der Waals surface area contributed by atoms with Gasteiger partial charge in [-0.3, -0.25) is 9.88 Å². The molecule has 5 rings (SSSR count). The number of amides is 2. The predicted molar refractivity (Wildman–Crippen MR) is 118 cm³/mol. The van der Waals surface area contributed by atoms with Crippen LogP contribution in [-0.4, -0.2) is 68.4 Å². The van der Waals surface area contributed by atoms with Gasteiger partial charge < -0.3 is 24.6 Å². The number of carbonyl (C=O) groups is 1. The molecule has 0 spiro atoms. The first-order valence-corrected chi connectivity index (χ1v) is 10.7. The van der Waals surface area contributed by atoms with Crippen molar-refractivity contribution < 1.29 is 24.1 Å². The molecule has 0 aliphatic carbocycles. The molecule has 2 aliphatic rings. The number of hydrogen-bond donors (Lipinski definition) is 3. The highest BCUT2D eigenvalue weighted by atomic mass is 16.8. The van der Waals surface area contributed by atoms with Crippen LogP contribution in [0, 0.1) is 0 Å². The van der Waals surface area contributed by atoms with Gasteiger partial charge in [-0.05, 0) is 18.6 Å². The molecule has 172 valence electrons. The van der Waals surface area contributed by atoms with E-state index in [0.29, 0.717) is 17.7 Å². The zero-order valence-corrected chi connectivity index (χ0v) is 17.9. The number of anilines is 1. The van der Waals surface area contributed by atoms with Crippen molar-refractivity contribution in [1.82, 2.24) is 24.8 Å². The van der Waals surface area contributed by atoms with Gasteiger partial charge in [0.15, 0.2) is 29.5 Å². The van der Waals surface area contributed by atoms with E-state index in [4.69, 9.17) is 14.2 Å². The highest BCUT2D eigenvalue weighted by Gasteiger charge is 2.53. The third-order valence-electron chi connectivity index (χ3n) is 5.50. The van der Waals surface area contributed by atoms with Crippen LogP contribution in [0.25, 0.3) is 17.2 Å². The van der Waals surface area contributed by atoms with Crippen LogP contribution in [0.5, 0.6) is 0 Å². The summed E-state index contributed by atoms with van der Waals surface area (Å²) in [7, 11) is 0. The molecule has 33 heavy (non-hydrogen) atoms. The number of ether oxygens (including phenoxy) is 3. The van der Waals surface area contributed by atoms with Crippen molar-refractivity contribution in [2.45, 2.75) is 37.8 Å². The quantitative estimate of drug-likeness (QED) is 0.515. The van der Waals surface area contributed by atoms with Crippen molar-refractivity contribution in [3.8, 4) is 0 Å². The number of aromatic nitrogens is 4. The molecule has 2 saturated heterocycles. The maximum atomic E-state index is 11.9. The van der Waals surface area contributed by atoms with E-state index in [-0.39, 0.29) is 18.5 Å². The molecule has 2 amide bonds. The average Bonchev–Trinajstić information content (AvgIpc) is 3.52. The molecule has 3 N–H and O–H groups in total. The normalized spacial score (nSPS) is 26.7. The van der Waals surface area contributed by atoms with Crippen LogP contribution in [0.2, 0.25) is 0 Å². The number of hydrogen-bond acceptors (Lipinski definition) is 8. The molecule has 2 aromatic heterocycles. The van der Waals surface area contributed by atoms with E-state index >= 15 is 0 Å². The lowest BCUT2D eigenvalue weighted by Crippen LogP contribution is -2.30. The summed E-state index contributed by atoms with van der Waals surface area (Å²) in [6.07, 6.45) is 3.94. The van der Waals surface area contributed by atoms with Gasteiger partial charge in [-0.2, -0.15) is 0 Å². The third-order valence-corrected chi connectivity index (χ3v) is 5.50. The van der Waals surface area contributed by atoms with Crippen LogP contribution in [0.3, 0.4) is 0 Å². The summed E-state index contributed by atoms with van der Waals surface area (Å²) in [6, 6.07) is 9.45. The van der Waals surface area contributed by atoms with Gasteiger partial charge in [-0.1, -0.05) is 36.4 Å². The van der Waals surface area contributed by atoms with Crippen LogP contribution in [0.4, 0.5) is 10.6 Å². The lowest BCUT2D eigenvalue weighted by atomic mass is 10.1. The molecular weight excluding hydrogens is 428 g/mol. The fourth-order valence-electron chi connectivity index (χ4n) is 4.02. The maximum absolute atomic E-state index is 11.9. The first kappa shape index (κ1) is 21.5. The van der Waals surface area contributed by atoms with Crippen molar-refractivity contribution >= 4 is 29.1 Å². The van der Waals surface area contributed by atoms with Crippen LogP contribution in [0.15, 0.2) is 49.1 Å². The van der Waals surface area contributed by atoms with Crippen molar-refractivity contribution in [3.63, 3.8) is 0 Å². The Morgan fingerprint density at radius 1 is 1.15 bits per heavy atom. The number of aliphatic hydroxyl groups excluding tert-OH is 1. The van der Waals surface area contributed by atoms with Crippen LogP contribution in [0.1, 0.15) is 18.7 Å². The summed E-state index contributed by atoms with van der Waals surface area (Å²) in [5.41, 5.74) is 1.90. The number of aliphatic hydroxyl groups is 1. The topological polar surface area (TPSA) is 133 Å². The van der Waals surface area contributed by atoms with E-state index in [1.54, 1.807) is 10.9 Å². The number of fused-ring (bicyclic) bond motifs is 2. The maximum Gasteiger partial charge on any atom is 0.320 e. The number of urea groups is 1. The minimum absolute atomic E-state index is 0.220. The van der Waals surface area contributed by atoms with Gasteiger partial charge in [0.25, 0.3) is 0 Å². The zero-order chi connectivity index (χ0) is 22.8. The molecule has 5 atom stereocenters. The van der Waals surface area contributed by atoms with Gasteiger partial charge in [0, 0.05) is 6.54 Å². The Morgan fingerprint density at radius 2 is 1.97 bits per heavy atom. The van der Waals surface area contributed by atoms with Crippen molar-refractivity contribution in [2.24, 2.45) is 0 Å². The summed E-state index contributed by atoms with van der Waals surface area (Å²) < 4.78 is 19.9. The van der Waals surface area contributed by atoms with Gasteiger partial charge in [0.2, 0.25) is 0 Å². The monoisotopic (exact) mass is 452 g/mol. The Labute approximate surface area is 189 Å². The largest absolute Gasteiger partial charge is 0.394 e. The molecule has 2 aliphatic heterocycles. The van der Waals surface area contributed by atoms with Crippen LogP contribution < -0.4 is 10.6 Å². The smallest absolute Gasteiger partial charge is 0.320 e. The minimum atomic E-state index is -0.625. The van der Waals surface area contributed by atoms with E-state index in [1.165, 1.54) is 6.33 Å². The lowest BCUT2D eigenvalue weighted by Gasteiger charge is -2.19. The fraction of sp³-hybridized carbons (Fsp3) is 0.364. The standard InChI is InChI=1S/C22H24N6O5/c1-2-23-22(30)27-19-16-20(25-11-24-19)28(12-26-16)21-18-17(14(10-29)31-21)32-15(33-18)9-8-13-6-4-3-5-7-13/h3-9,11-12,14-15,17-18,21,29H,2,10H2,1H3,(H2,23,24,25,27,30)/b9-8+/t14-,15+,17-,18-,21-/m1/s1. The SMILES string of the molecule is CCNC(=O)Nc1ncnc2c1ncn2[C@@H]1O[C@H](CO)[C@H]2O[C@H](/C=C/c3ccccc3)O[C@H]21. The molecule has 11 nitrogen and oxygen atoms in total. The molecule has 4 heterocycles. The summed E-state index contributed by atoms with van der Waals surface area (Å²) in [4.78, 5) is 24.8. The Morgan fingerprint density at radius 3 is 2.76 bits per heavy atom. The fourth-order valence-corrected chi connectivity index (χ4v) is 4.02. The highest BCUT2D eigenvalue weighted by Crippen LogP contribution is 2.40. The zero-order valence-electron chi connectivity index (χ0n) is 17.9. The first-order valence-electron chi connectivity index (χ1n) is 10.7. The summed E-state index contributed by atoms with van der Waals surface area (Å²) in [6.45, 7) is 2.08. The second-order valence-electron chi connectivity index (χ2n) is 7.62. The third kappa shape index (κ3) is 4.18. The number of carbonyl (C=O) groups excluding carboxylic acids is 1. The van der Waals surface area contributed by atoms with Gasteiger partial charge >= 0.3 is 6.03 Å². The Kier molecular flexibility index (Phi) is 6.01. The number of nitrogens with one attached hydrogen (secondary N) is 2. The Hall–Kier alpha value is -3.38. The number of benzene rings is 1. The molecule has 11 heteroatoms. The molecule has 0 unspecified atom stereocenters. The number of imidazole rings is 1. The van der Waals surface area contributed by atoms with Crippen molar-refractivity contribution in [1.29, 1.82) is 0 Å². The Balaban J connectivity index is 1.39. The molecule has 2 fully saturated rings. The van der Waals surface area contributed by atoms with E-state index in [2.05, 4.69) is 25.6 Å². The summed E-state index contributed by atoms with van der Waals surface area (Å²) in [5.74, 6) is 0.283. The number of rotatable bonds is 6. The minimum Gasteiger partial charge on any atom is -0.394 e. The van der Waals surface area contributed by atoms with Gasteiger partial charge in [0.1, 0.15) is 24.6 Å². The average molecular weight is 452 g/mol. The molecule has 0 bridgehead atoms. The van der Waals surface area contributed by atoms with E-state index in [9.17, 15) is 9.90 Å². The van der Waals surface area contributed by atoms with E-state index < -0.39 is 30.8 Å². The second kappa shape index (κ2) is 9.24. The molecule has 0 saturated carbocycles. The molecule has 3 aromatic rings. The highest BCUT2D eigenvalue weighted by molar-refractivity contribution is 5.95. The van der Waals surface area contributed by atoms with Crippen molar-refractivity contribution in [3.05, 3.63) is 54.6 Å². The van der Waals surface area contributed by atoms with Crippen LogP contribution in [-0.2, 0) is 14.2 Å². The Bertz CT molecular complexity index is 1150. The summed E-state index contributed by atoms with van der Waals surface area (Å²) in [5, 5.41) is 15.2. The van der Waals surface area contributed by atoms with Crippen molar-refractivity contribution in [2.75, 3.05) is 18.5 Å². The molecular formula is C22H24N6O5. The molecule has 1 aromatic carbocycles. The number of nitrogens with zero attached hydrogens (tertiary/aromatic N) is 4. The second-order valence-corrected chi connectivity index (χ2v) is 7.62. The van der Waals surface area contributed by atoms with Crippen LogP contribution >= 0.6 is 0 Å². The first-order chi connectivity index (χ1) is 16.2. The predicted octanol–water partition coefficient (Wildman–Crippen LogP) is 1.68. The van der Waals surface area contributed by atoms with Gasteiger partial charge in [-0.15, -0.1) is 0 Å². The van der Waals surface area contributed by atoms with E-state index in [0.717, 1.165) is 5.56 Å². The van der Waals surface area contributed by atoms with E-state index in [1.807, 2.05) is 49.4 Å².